The van der Waals surface area contributed by atoms with Gasteiger partial charge in [-0.3, -0.25) is 9.59 Å². The monoisotopic (exact) mass is 878 g/mol. The predicted octanol–water partition coefficient (Wildman–Crippen LogP) is 17.1. The molecule has 3 unspecified atom stereocenters. The fraction of sp³-hybridized carbons (Fsp3) is 0.964. The average molecular weight is 879 g/mol. The van der Waals surface area contributed by atoms with E-state index in [1.807, 2.05) is 0 Å². The Kier molecular flexibility index (Phi) is 49.9. The summed E-state index contributed by atoms with van der Waals surface area (Å²) in [4.78, 5) is 26.2. The first-order valence-corrected chi connectivity index (χ1v) is 28.3. The first-order chi connectivity index (χ1) is 30.5. The summed E-state index contributed by atoms with van der Waals surface area (Å²) in [5.41, 5.74) is 0. The van der Waals surface area contributed by atoms with Crippen LogP contribution in [0.25, 0.3) is 0 Å². The van der Waals surface area contributed by atoms with E-state index in [-0.39, 0.29) is 24.9 Å². The van der Waals surface area contributed by atoms with Gasteiger partial charge in [0, 0.05) is 6.42 Å². The molecule has 0 aliphatic carbocycles. The summed E-state index contributed by atoms with van der Waals surface area (Å²) in [6, 6.07) is -0.692. The highest BCUT2D eigenvalue weighted by Gasteiger charge is 2.24. The van der Waals surface area contributed by atoms with Crippen LogP contribution in [0.4, 0.5) is 0 Å². The second kappa shape index (κ2) is 50.9. The maximum atomic E-state index is 13.2. The number of carbonyl (C=O) groups excluding carboxylic acids is 2. The van der Waals surface area contributed by atoms with Gasteiger partial charge >= 0.3 is 5.97 Å². The molecule has 0 radical (unpaired) electrons. The molecule has 1 amide bonds. The van der Waals surface area contributed by atoms with Crippen LogP contribution >= 0.6 is 0 Å². The molecule has 0 spiro atoms. The van der Waals surface area contributed by atoms with Crippen molar-refractivity contribution < 1.29 is 24.5 Å². The van der Waals surface area contributed by atoms with Crippen molar-refractivity contribution in [2.75, 3.05) is 6.61 Å². The average Bonchev–Trinajstić information content (AvgIpc) is 3.26. The first-order valence-electron chi connectivity index (χ1n) is 28.3. The van der Waals surface area contributed by atoms with Gasteiger partial charge in [0.25, 0.3) is 0 Å². The van der Waals surface area contributed by atoms with Crippen molar-refractivity contribution in [3.8, 4) is 0 Å². The summed E-state index contributed by atoms with van der Waals surface area (Å²) in [6.07, 6.45) is 55.9. The molecular formula is C56H111NO5. The lowest BCUT2D eigenvalue weighted by atomic mass is 10.0. The third-order valence-corrected chi connectivity index (χ3v) is 13.4. The van der Waals surface area contributed by atoms with Gasteiger partial charge in [-0.2, -0.15) is 0 Å². The second-order valence-electron chi connectivity index (χ2n) is 19.7. The van der Waals surface area contributed by atoms with Crippen LogP contribution in [0.1, 0.15) is 323 Å². The summed E-state index contributed by atoms with van der Waals surface area (Å²) in [7, 11) is 0. The predicted molar refractivity (Wildman–Crippen MR) is 269 cm³/mol. The zero-order valence-corrected chi connectivity index (χ0v) is 42.3. The number of hydrogen-bond donors (Lipinski definition) is 3. The molecule has 0 heterocycles. The number of rotatable bonds is 52. The number of aliphatic hydroxyl groups excluding tert-OH is 2. The normalized spacial score (nSPS) is 13.0. The smallest absolute Gasteiger partial charge is 0.306 e. The van der Waals surface area contributed by atoms with Crippen LogP contribution in [0.15, 0.2) is 0 Å². The Balaban J connectivity index is 4.49. The number of aliphatic hydroxyl groups is 2. The quantitative estimate of drug-likeness (QED) is 0.0418. The highest BCUT2D eigenvalue weighted by molar-refractivity contribution is 5.77. The molecule has 0 aliphatic rings. The molecule has 370 valence electrons. The second-order valence-corrected chi connectivity index (χ2v) is 19.7. The lowest BCUT2D eigenvalue weighted by molar-refractivity contribution is -0.151. The van der Waals surface area contributed by atoms with E-state index in [1.54, 1.807) is 0 Å². The SMILES string of the molecule is CCCCCCCCCCCCCCCCCCC(=O)OC(CCCCCCCCCCCCCCCC)CC(=O)NC(CO)C(O)CCCCCCCCCCCCCCC. The Morgan fingerprint density at radius 3 is 0.984 bits per heavy atom. The molecular weight excluding hydrogens is 767 g/mol. The molecule has 3 N–H and O–H groups in total. The number of ether oxygens (including phenoxy) is 1. The van der Waals surface area contributed by atoms with E-state index in [1.165, 1.54) is 238 Å². The van der Waals surface area contributed by atoms with Crippen molar-refractivity contribution >= 4 is 11.9 Å². The fourth-order valence-corrected chi connectivity index (χ4v) is 9.14. The minimum absolute atomic E-state index is 0.0884. The van der Waals surface area contributed by atoms with Crippen LogP contribution in [0, 0.1) is 0 Å². The Hall–Kier alpha value is -1.14. The third kappa shape index (κ3) is 45.4. The maximum absolute atomic E-state index is 13.2. The molecule has 6 nitrogen and oxygen atoms in total. The molecule has 0 saturated carbocycles. The molecule has 0 aliphatic heterocycles. The zero-order valence-electron chi connectivity index (χ0n) is 42.3. The van der Waals surface area contributed by atoms with E-state index >= 15 is 0 Å². The Morgan fingerprint density at radius 2 is 0.677 bits per heavy atom. The minimum Gasteiger partial charge on any atom is -0.462 e. The van der Waals surface area contributed by atoms with Crippen LogP contribution in [-0.4, -0.2) is 46.9 Å². The minimum atomic E-state index is -0.779. The Morgan fingerprint density at radius 1 is 0.403 bits per heavy atom. The Labute approximate surface area is 387 Å². The fourth-order valence-electron chi connectivity index (χ4n) is 9.14. The number of amides is 1. The van der Waals surface area contributed by atoms with E-state index in [4.69, 9.17) is 4.74 Å². The van der Waals surface area contributed by atoms with Crippen molar-refractivity contribution in [1.82, 2.24) is 5.32 Å². The topological polar surface area (TPSA) is 95.9 Å². The summed E-state index contributed by atoms with van der Waals surface area (Å²) in [5.74, 6) is -0.446. The molecule has 6 heteroatoms. The molecule has 0 aromatic rings. The summed E-state index contributed by atoms with van der Waals surface area (Å²) in [5, 5.41) is 23.8. The van der Waals surface area contributed by atoms with Gasteiger partial charge in [-0.05, 0) is 25.7 Å². The maximum Gasteiger partial charge on any atom is 0.306 e. The molecule has 0 rings (SSSR count). The number of carbonyl (C=O) groups is 2. The van der Waals surface area contributed by atoms with E-state index in [9.17, 15) is 19.8 Å². The largest absolute Gasteiger partial charge is 0.462 e. The van der Waals surface area contributed by atoms with Gasteiger partial charge in [-0.25, -0.2) is 0 Å². The van der Waals surface area contributed by atoms with Gasteiger partial charge in [0.2, 0.25) is 5.91 Å². The van der Waals surface area contributed by atoms with Gasteiger partial charge in [0.1, 0.15) is 6.10 Å². The van der Waals surface area contributed by atoms with Crippen molar-refractivity contribution in [3.63, 3.8) is 0 Å². The molecule has 0 aromatic heterocycles. The van der Waals surface area contributed by atoms with E-state index in [0.717, 1.165) is 38.5 Å². The van der Waals surface area contributed by atoms with Gasteiger partial charge in [0.05, 0.1) is 25.2 Å². The van der Waals surface area contributed by atoms with Crippen LogP contribution in [0.2, 0.25) is 0 Å². The summed E-state index contributed by atoms with van der Waals surface area (Å²) in [6.45, 7) is 6.53. The highest BCUT2D eigenvalue weighted by Crippen LogP contribution is 2.19. The van der Waals surface area contributed by atoms with Gasteiger partial charge in [0.15, 0.2) is 0 Å². The third-order valence-electron chi connectivity index (χ3n) is 13.4. The van der Waals surface area contributed by atoms with Gasteiger partial charge in [-0.15, -0.1) is 0 Å². The summed E-state index contributed by atoms with van der Waals surface area (Å²) >= 11 is 0. The number of hydrogen-bond acceptors (Lipinski definition) is 5. The summed E-state index contributed by atoms with van der Waals surface area (Å²) < 4.78 is 5.96. The highest BCUT2D eigenvalue weighted by atomic mass is 16.5. The molecule has 3 atom stereocenters. The number of nitrogens with one attached hydrogen (secondary N) is 1. The van der Waals surface area contributed by atoms with Crippen LogP contribution < -0.4 is 5.32 Å². The number of unbranched alkanes of at least 4 members (excludes halogenated alkanes) is 40. The van der Waals surface area contributed by atoms with Crippen molar-refractivity contribution in [3.05, 3.63) is 0 Å². The van der Waals surface area contributed by atoms with Crippen molar-refractivity contribution in [2.24, 2.45) is 0 Å². The van der Waals surface area contributed by atoms with Crippen LogP contribution in [0.5, 0.6) is 0 Å². The molecule has 0 saturated heterocycles. The first kappa shape index (κ1) is 60.9. The van der Waals surface area contributed by atoms with Crippen molar-refractivity contribution in [1.29, 1.82) is 0 Å². The lowest BCUT2D eigenvalue weighted by Gasteiger charge is -2.24. The van der Waals surface area contributed by atoms with Gasteiger partial charge < -0.3 is 20.3 Å². The zero-order chi connectivity index (χ0) is 45.2. The van der Waals surface area contributed by atoms with Gasteiger partial charge in [-0.1, -0.05) is 284 Å². The molecule has 0 bridgehead atoms. The molecule has 0 fully saturated rings. The lowest BCUT2D eigenvalue weighted by Crippen LogP contribution is -2.46. The van der Waals surface area contributed by atoms with E-state index < -0.39 is 18.2 Å². The molecule has 0 aromatic carbocycles. The molecule has 62 heavy (non-hydrogen) atoms. The van der Waals surface area contributed by atoms with Crippen molar-refractivity contribution in [2.45, 2.75) is 341 Å². The van der Waals surface area contributed by atoms with Crippen LogP contribution in [0.3, 0.4) is 0 Å². The van der Waals surface area contributed by atoms with Crippen LogP contribution in [-0.2, 0) is 14.3 Å². The standard InChI is InChI=1S/C56H111NO5/c1-4-7-10-13-16-19-22-25-27-28-31-34-37-40-43-46-49-56(61)62-52(47-44-41-38-35-32-30-26-23-20-17-14-11-8-5-2)50-55(60)57-53(51-58)54(59)48-45-42-39-36-33-29-24-21-18-15-12-9-6-3/h52-54,58-59H,4-51H2,1-3H3,(H,57,60). The Bertz CT molecular complexity index is 898. The number of esters is 1. The van der Waals surface area contributed by atoms with E-state index in [0.29, 0.717) is 19.3 Å². The van der Waals surface area contributed by atoms with E-state index in [2.05, 4.69) is 26.1 Å².